The molecular weight excluding hydrogens is 360 g/mol. The second-order valence-corrected chi connectivity index (χ2v) is 8.24. The average molecular weight is 405 g/mol. The molecule has 0 aliphatic rings. The first-order valence-corrected chi connectivity index (χ1v) is 12.2. The van der Waals surface area contributed by atoms with Gasteiger partial charge in [0.05, 0.1) is 0 Å². The highest BCUT2D eigenvalue weighted by Crippen LogP contribution is 2.18. The van der Waals surface area contributed by atoms with Gasteiger partial charge in [-0.15, -0.1) is 0 Å². The van der Waals surface area contributed by atoms with E-state index < -0.39 is 0 Å². The fourth-order valence-electron chi connectivity index (χ4n) is 3.51. The molecule has 0 saturated heterocycles. The third-order valence-corrected chi connectivity index (χ3v) is 5.55. The van der Waals surface area contributed by atoms with Crippen LogP contribution in [0.3, 0.4) is 0 Å². The summed E-state index contributed by atoms with van der Waals surface area (Å²) in [5.41, 5.74) is 5.25. The van der Waals surface area contributed by atoms with Crippen LogP contribution >= 0.6 is 0 Å². The van der Waals surface area contributed by atoms with Gasteiger partial charge in [-0.25, -0.2) is 0 Å². The first-order chi connectivity index (χ1) is 14.7. The van der Waals surface area contributed by atoms with E-state index in [1.807, 2.05) is 12.1 Å². The maximum Gasteiger partial charge on any atom is -0.0230 e. The number of hydrogen-bond acceptors (Lipinski definition) is 0. The summed E-state index contributed by atoms with van der Waals surface area (Å²) in [6.07, 6.45) is 17.8. The van der Waals surface area contributed by atoms with E-state index >= 15 is 0 Å². The molecule has 0 aliphatic carbocycles. The minimum absolute atomic E-state index is 1.14. The smallest absolute Gasteiger partial charge is 0.0230 e. The van der Waals surface area contributed by atoms with Crippen molar-refractivity contribution in [3.05, 3.63) is 84.4 Å². The second kappa shape index (κ2) is 17.8. The van der Waals surface area contributed by atoms with Gasteiger partial charge in [0.25, 0.3) is 0 Å². The Balaban J connectivity index is 0.000000303. The Morgan fingerprint density at radius 2 is 1.27 bits per heavy atom. The molecular formula is C30H44. The molecule has 0 atom stereocenters. The lowest BCUT2D eigenvalue weighted by atomic mass is 10.0. The van der Waals surface area contributed by atoms with E-state index in [1.54, 1.807) is 0 Å². The Labute approximate surface area is 187 Å². The van der Waals surface area contributed by atoms with Crippen molar-refractivity contribution in [2.75, 3.05) is 0 Å². The monoisotopic (exact) mass is 404 g/mol. The van der Waals surface area contributed by atoms with Gasteiger partial charge in [-0.05, 0) is 47.9 Å². The van der Waals surface area contributed by atoms with Crippen molar-refractivity contribution in [2.45, 2.75) is 90.9 Å². The van der Waals surface area contributed by atoms with Crippen LogP contribution in [0.4, 0.5) is 0 Å². The summed E-state index contributed by atoms with van der Waals surface area (Å²) in [4.78, 5) is 0. The minimum atomic E-state index is 1.14. The van der Waals surface area contributed by atoms with Crippen LogP contribution in [0, 0.1) is 0 Å². The Kier molecular flexibility index (Phi) is 15.4. The van der Waals surface area contributed by atoms with Crippen LogP contribution in [-0.4, -0.2) is 0 Å². The number of hydrogen-bond donors (Lipinski definition) is 0. The number of allylic oxidation sites excluding steroid dienone is 1. The molecule has 0 radical (unpaired) electrons. The highest BCUT2D eigenvalue weighted by atomic mass is 14.0. The number of unbranched alkanes of at least 4 members (excludes halogenated alkanes) is 8. The quantitative estimate of drug-likeness (QED) is 0.275. The second-order valence-electron chi connectivity index (χ2n) is 8.24. The van der Waals surface area contributed by atoms with Gasteiger partial charge in [-0.1, -0.05) is 139 Å². The summed E-state index contributed by atoms with van der Waals surface area (Å²) < 4.78 is 0. The topological polar surface area (TPSA) is 0 Å². The van der Waals surface area contributed by atoms with Gasteiger partial charge >= 0.3 is 0 Å². The van der Waals surface area contributed by atoms with Gasteiger partial charge < -0.3 is 0 Å². The highest BCUT2D eigenvalue weighted by Gasteiger charge is 1.97. The van der Waals surface area contributed by atoms with Crippen molar-refractivity contribution in [2.24, 2.45) is 0 Å². The summed E-state index contributed by atoms with van der Waals surface area (Å²) in [5.74, 6) is 0. The first-order valence-electron chi connectivity index (χ1n) is 12.2. The molecule has 2 aromatic rings. The number of benzene rings is 2. The summed E-state index contributed by atoms with van der Waals surface area (Å²) in [7, 11) is 0. The standard InChI is InChI=1S/C16H24.C14H20/c1-3-5-6-7-8-9-10-16-13-11-15(4-2)12-14-16;1-3-4-5-7-10-13(2)14-11-8-6-9-12-14/h4,11-14H,2-3,5-10H2,1H3;6,8-9,11-12H,2-5,7,10H2,1H3. The van der Waals surface area contributed by atoms with E-state index in [9.17, 15) is 0 Å². The van der Waals surface area contributed by atoms with Crippen molar-refractivity contribution in [1.29, 1.82) is 0 Å². The van der Waals surface area contributed by atoms with E-state index in [1.165, 1.54) is 92.9 Å². The molecule has 0 aromatic heterocycles. The van der Waals surface area contributed by atoms with Crippen LogP contribution in [0.25, 0.3) is 11.6 Å². The SMILES string of the molecule is C=C(CCCCCC)c1ccccc1.C=Cc1ccc(CCCCCCCC)cc1. The lowest BCUT2D eigenvalue weighted by Gasteiger charge is -2.04. The maximum absolute atomic E-state index is 4.12. The van der Waals surface area contributed by atoms with Crippen LogP contribution in [0.15, 0.2) is 67.8 Å². The Hall–Kier alpha value is -2.08. The van der Waals surface area contributed by atoms with Crippen LogP contribution < -0.4 is 0 Å². The summed E-state index contributed by atoms with van der Waals surface area (Å²) >= 11 is 0. The normalized spacial score (nSPS) is 10.2. The summed E-state index contributed by atoms with van der Waals surface area (Å²) in [6.45, 7) is 12.4. The number of aryl methyl sites for hydroxylation is 1. The van der Waals surface area contributed by atoms with Crippen molar-refractivity contribution < 1.29 is 0 Å². The minimum Gasteiger partial charge on any atom is -0.0985 e. The molecule has 0 nitrogen and oxygen atoms in total. The molecule has 0 saturated carbocycles. The Bertz CT molecular complexity index is 663. The molecule has 0 N–H and O–H groups in total. The lowest BCUT2D eigenvalue weighted by Crippen LogP contribution is -1.86. The Morgan fingerprint density at radius 3 is 1.87 bits per heavy atom. The molecule has 0 heterocycles. The number of rotatable bonds is 14. The van der Waals surface area contributed by atoms with Crippen LogP contribution in [0.1, 0.15) is 101 Å². The van der Waals surface area contributed by atoms with Crippen molar-refractivity contribution in [1.82, 2.24) is 0 Å². The zero-order chi connectivity index (χ0) is 21.9. The molecule has 0 heteroatoms. The van der Waals surface area contributed by atoms with Crippen LogP contribution in [0.5, 0.6) is 0 Å². The van der Waals surface area contributed by atoms with Crippen molar-refractivity contribution in [3.8, 4) is 0 Å². The van der Waals surface area contributed by atoms with Gasteiger partial charge in [0.2, 0.25) is 0 Å². The molecule has 2 rings (SSSR count). The fraction of sp³-hybridized carbons (Fsp3) is 0.467. The predicted octanol–water partition coefficient (Wildman–Crippen LogP) is 9.90. The Morgan fingerprint density at radius 1 is 0.700 bits per heavy atom. The maximum atomic E-state index is 4.12. The predicted molar refractivity (Wildman–Crippen MR) is 138 cm³/mol. The highest BCUT2D eigenvalue weighted by molar-refractivity contribution is 5.62. The average Bonchev–Trinajstić information content (AvgIpc) is 2.80. The molecule has 0 unspecified atom stereocenters. The van der Waals surface area contributed by atoms with Gasteiger partial charge in [-0.3, -0.25) is 0 Å². The van der Waals surface area contributed by atoms with E-state index in [4.69, 9.17) is 0 Å². The summed E-state index contributed by atoms with van der Waals surface area (Å²) in [5, 5.41) is 0. The fourth-order valence-corrected chi connectivity index (χ4v) is 3.51. The van der Waals surface area contributed by atoms with Gasteiger partial charge in [0.15, 0.2) is 0 Å². The van der Waals surface area contributed by atoms with Crippen molar-refractivity contribution >= 4 is 11.6 Å². The molecule has 0 fully saturated rings. The van der Waals surface area contributed by atoms with Gasteiger partial charge in [-0.2, -0.15) is 0 Å². The van der Waals surface area contributed by atoms with E-state index in [0.29, 0.717) is 0 Å². The van der Waals surface area contributed by atoms with E-state index in [-0.39, 0.29) is 0 Å². The van der Waals surface area contributed by atoms with Crippen LogP contribution in [0.2, 0.25) is 0 Å². The zero-order valence-corrected chi connectivity index (χ0v) is 19.7. The molecule has 30 heavy (non-hydrogen) atoms. The van der Waals surface area contributed by atoms with E-state index in [2.05, 4.69) is 75.5 Å². The largest absolute Gasteiger partial charge is 0.0985 e. The third-order valence-electron chi connectivity index (χ3n) is 5.55. The van der Waals surface area contributed by atoms with Gasteiger partial charge in [0.1, 0.15) is 0 Å². The molecule has 2 aromatic carbocycles. The van der Waals surface area contributed by atoms with Crippen molar-refractivity contribution in [3.63, 3.8) is 0 Å². The van der Waals surface area contributed by atoms with Gasteiger partial charge in [0, 0.05) is 0 Å². The first kappa shape index (κ1) is 26.0. The molecule has 164 valence electrons. The summed E-state index contributed by atoms with van der Waals surface area (Å²) in [6, 6.07) is 19.2. The molecule has 0 amide bonds. The molecule has 0 spiro atoms. The molecule has 0 bridgehead atoms. The molecule has 0 aliphatic heterocycles. The zero-order valence-electron chi connectivity index (χ0n) is 19.7. The van der Waals surface area contributed by atoms with Crippen LogP contribution in [-0.2, 0) is 6.42 Å². The third kappa shape index (κ3) is 12.5. The van der Waals surface area contributed by atoms with E-state index in [0.717, 1.165) is 6.42 Å². The lowest BCUT2D eigenvalue weighted by molar-refractivity contribution is 0.607.